The summed E-state index contributed by atoms with van der Waals surface area (Å²) in [5.74, 6) is 1.05. The molecular weight excluding hydrogens is 343 g/mol. The largest absolute Gasteiger partial charge is 0.491 e. The summed E-state index contributed by atoms with van der Waals surface area (Å²) >= 11 is 0. The topological polar surface area (TPSA) is 35.9 Å². The minimum absolute atomic E-state index is 0.178. The third-order valence-electron chi connectivity index (χ3n) is 5.01. The van der Waals surface area contributed by atoms with E-state index in [0.717, 1.165) is 37.5 Å². The summed E-state index contributed by atoms with van der Waals surface area (Å²) in [7, 11) is 0. The van der Waals surface area contributed by atoms with Crippen molar-refractivity contribution in [3.63, 3.8) is 0 Å². The minimum Gasteiger partial charge on any atom is -0.491 e. The number of anilines is 1. The van der Waals surface area contributed by atoms with Gasteiger partial charge in [0.25, 0.3) is 0 Å². The molecule has 1 atom stereocenters. The van der Waals surface area contributed by atoms with Gasteiger partial charge >= 0.3 is 0 Å². The van der Waals surface area contributed by atoms with Crippen LogP contribution in [0, 0.1) is 5.82 Å². The number of para-hydroxylation sites is 2. The lowest BCUT2D eigenvalue weighted by molar-refractivity contribution is 0.0658. The Hall–Kier alpha value is -2.11. The summed E-state index contributed by atoms with van der Waals surface area (Å²) in [5, 5.41) is 10.4. The van der Waals surface area contributed by atoms with E-state index in [2.05, 4.69) is 29.7 Å². The Kier molecular flexibility index (Phi) is 6.69. The molecule has 0 bridgehead atoms. The van der Waals surface area contributed by atoms with Crippen LogP contribution in [0.4, 0.5) is 10.1 Å². The zero-order valence-corrected chi connectivity index (χ0v) is 16.1. The number of piperazine rings is 1. The number of β-amino-alcohol motifs (C(OH)–C–C–N with tert-alkyl or cyclic N) is 1. The van der Waals surface area contributed by atoms with Gasteiger partial charge in [0.15, 0.2) is 0 Å². The molecule has 0 spiro atoms. The summed E-state index contributed by atoms with van der Waals surface area (Å²) in [6.07, 6.45) is -0.551. The molecule has 1 aliphatic heterocycles. The van der Waals surface area contributed by atoms with Crippen LogP contribution in [0.25, 0.3) is 0 Å². The fourth-order valence-electron chi connectivity index (χ4n) is 3.51. The lowest BCUT2D eigenvalue weighted by Crippen LogP contribution is -2.49. The van der Waals surface area contributed by atoms with Crippen LogP contribution < -0.4 is 9.64 Å². The SMILES string of the molecule is CC(C)c1ccccc1OCC(O)CN1CCN(c2ccccc2F)CC1. The number of benzene rings is 2. The quantitative estimate of drug-likeness (QED) is 0.807. The second-order valence-corrected chi connectivity index (χ2v) is 7.40. The molecule has 0 aromatic heterocycles. The Morgan fingerprint density at radius 1 is 1.00 bits per heavy atom. The maximum absolute atomic E-state index is 13.9. The normalized spacial score (nSPS) is 16.6. The van der Waals surface area contributed by atoms with Gasteiger partial charge in [-0.15, -0.1) is 0 Å². The van der Waals surface area contributed by atoms with Gasteiger partial charge in [-0.05, 0) is 29.7 Å². The first kappa shape index (κ1) is 19.6. The van der Waals surface area contributed by atoms with E-state index < -0.39 is 6.10 Å². The number of hydrogen-bond donors (Lipinski definition) is 1. The average Bonchev–Trinajstić information content (AvgIpc) is 2.68. The first-order chi connectivity index (χ1) is 13.0. The standard InChI is InChI=1S/C22H29FN2O2/c1-17(2)19-7-3-6-10-22(19)27-16-18(26)15-24-11-13-25(14-12-24)21-9-5-4-8-20(21)23/h3-10,17-18,26H,11-16H2,1-2H3. The van der Waals surface area contributed by atoms with E-state index in [1.54, 1.807) is 6.07 Å². The zero-order valence-electron chi connectivity index (χ0n) is 16.1. The Labute approximate surface area is 161 Å². The molecule has 3 rings (SSSR count). The van der Waals surface area contributed by atoms with Crippen LogP contribution in [0.3, 0.4) is 0 Å². The van der Waals surface area contributed by atoms with Crippen molar-refractivity contribution in [3.05, 3.63) is 59.9 Å². The van der Waals surface area contributed by atoms with Gasteiger partial charge in [-0.1, -0.05) is 44.2 Å². The number of nitrogens with zero attached hydrogens (tertiary/aromatic N) is 2. The molecule has 0 radical (unpaired) electrons. The maximum atomic E-state index is 13.9. The fraction of sp³-hybridized carbons (Fsp3) is 0.455. The first-order valence-electron chi connectivity index (χ1n) is 9.66. The second-order valence-electron chi connectivity index (χ2n) is 7.40. The van der Waals surface area contributed by atoms with Gasteiger partial charge in [0, 0.05) is 32.7 Å². The van der Waals surface area contributed by atoms with Crippen LogP contribution in [-0.2, 0) is 0 Å². The predicted molar refractivity (Wildman–Crippen MR) is 107 cm³/mol. The molecule has 1 N–H and O–H groups in total. The van der Waals surface area contributed by atoms with Crippen molar-refractivity contribution < 1.29 is 14.2 Å². The summed E-state index contributed by atoms with van der Waals surface area (Å²) in [6.45, 7) is 8.21. The van der Waals surface area contributed by atoms with E-state index in [-0.39, 0.29) is 12.4 Å². The molecule has 5 heteroatoms. The van der Waals surface area contributed by atoms with Crippen LogP contribution >= 0.6 is 0 Å². The van der Waals surface area contributed by atoms with Gasteiger partial charge in [-0.3, -0.25) is 4.90 Å². The molecular formula is C22H29FN2O2. The molecule has 0 aliphatic carbocycles. The third-order valence-corrected chi connectivity index (χ3v) is 5.01. The molecule has 0 saturated carbocycles. The Balaban J connectivity index is 1.46. The van der Waals surface area contributed by atoms with E-state index >= 15 is 0 Å². The Morgan fingerprint density at radius 2 is 1.67 bits per heavy atom. The van der Waals surface area contributed by atoms with Gasteiger partial charge < -0.3 is 14.7 Å². The third kappa shape index (κ3) is 5.21. The van der Waals surface area contributed by atoms with Gasteiger partial charge in [0.1, 0.15) is 24.3 Å². The lowest BCUT2D eigenvalue weighted by atomic mass is 10.0. The van der Waals surface area contributed by atoms with Crippen molar-refractivity contribution in [2.45, 2.75) is 25.9 Å². The number of aliphatic hydroxyl groups excluding tert-OH is 1. The molecule has 1 saturated heterocycles. The van der Waals surface area contributed by atoms with Gasteiger partial charge in [0.05, 0.1) is 5.69 Å². The number of hydrogen-bond acceptors (Lipinski definition) is 4. The number of aliphatic hydroxyl groups is 1. The van der Waals surface area contributed by atoms with Crippen LogP contribution in [0.1, 0.15) is 25.3 Å². The minimum atomic E-state index is -0.551. The first-order valence-corrected chi connectivity index (χ1v) is 9.66. The summed E-state index contributed by atoms with van der Waals surface area (Å²) in [5.41, 5.74) is 1.81. The van der Waals surface area contributed by atoms with E-state index in [1.165, 1.54) is 6.07 Å². The highest BCUT2D eigenvalue weighted by Crippen LogP contribution is 2.26. The van der Waals surface area contributed by atoms with E-state index in [1.807, 2.05) is 30.3 Å². The van der Waals surface area contributed by atoms with Crippen LogP contribution in [0.2, 0.25) is 0 Å². The number of ether oxygens (including phenoxy) is 1. The van der Waals surface area contributed by atoms with Crippen molar-refractivity contribution in [3.8, 4) is 5.75 Å². The monoisotopic (exact) mass is 372 g/mol. The van der Waals surface area contributed by atoms with Crippen LogP contribution in [0.15, 0.2) is 48.5 Å². The summed E-state index contributed by atoms with van der Waals surface area (Å²) in [6, 6.07) is 14.9. The molecule has 1 heterocycles. The van der Waals surface area contributed by atoms with E-state index in [0.29, 0.717) is 18.2 Å². The summed E-state index contributed by atoms with van der Waals surface area (Å²) < 4.78 is 19.8. The Morgan fingerprint density at radius 3 is 2.37 bits per heavy atom. The van der Waals surface area contributed by atoms with Gasteiger partial charge in [-0.25, -0.2) is 4.39 Å². The molecule has 1 aliphatic rings. The molecule has 1 unspecified atom stereocenters. The highest BCUT2D eigenvalue weighted by Gasteiger charge is 2.21. The van der Waals surface area contributed by atoms with E-state index in [4.69, 9.17) is 4.74 Å². The van der Waals surface area contributed by atoms with Crippen molar-refractivity contribution in [1.29, 1.82) is 0 Å². The zero-order chi connectivity index (χ0) is 19.2. The molecule has 1 fully saturated rings. The molecule has 27 heavy (non-hydrogen) atoms. The van der Waals surface area contributed by atoms with Crippen LogP contribution in [-0.4, -0.2) is 55.4 Å². The molecule has 2 aromatic rings. The molecule has 0 amide bonds. The average molecular weight is 372 g/mol. The molecule has 4 nitrogen and oxygen atoms in total. The Bertz CT molecular complexity index is 730. The fourth-order valence-corrected chi connectivity index (χ4v) is 3.51. The van der Waals surface area contributed by atoms with Crippen molar-refractivity contribution >= 4 is 5.69 Å². The van der Waals surface area contributed by atoms with Crippen molar-refractivity contribution in [2.75, 3.05) is 44.2 Å². The van der Waals surface area contributed by atoms with Gasteiger partial charge in [-0.2, -0.15) is 0 Å². The summed E-state index contributed by atoms with van der Waals surface area (Å²) in [4.78, 5) is 4.27. The smallest absolute Gasteiger partial charge is 0.146 e. The lowest BCUT2D eigenvalue weighted by Gasteiger charge is -2.37. The highest BCUT2D eigenvalue weighted by atomic mass is 19.1. The highest BCUT2D eigenvalue weighted by molar-refractivity contribution is 5.48. The van der Waals surface area contributed by atoms with Crippen molar-refractivity contribution in [1.82, 2.24) is 4.90 Å². The predicted octanol–water partition coefficient (Wildman–Crippen LogP) is 3.51. The van der Waals surface area contributed by atoms with Crippen LogP contribution in [0.5, 0.6) is 5.75 Å². The molecule has 2 aromatic carbocycles. The van der Waals surface area contributed by atoms with E-state index in [9.17, 15) is 9.50 Å². The number of halogens is 1. The second kappa shape index (κ2) is 9.20. The number of rotatable bonds is 7. The maximum Gasteiger partial charge on any atom is 0.146 e. The molecule has 146 valence electrons. The van der Waals surface area contributed by atoms with Gasteiger partial charge in [0.2, 0.25) is 0 Å². The van der Waals surface area contributed by atoms with Crippen molar-refractivity contribution in [2.24, 2.45) is 0 Å².